The van der Waals surface area contributed by atoms with Gasteiger partial charge < -0.3 is 10.2 Å². The zero-order chi connectivity index (χ0) is 16.3. The van der Waals surface area contributed by atoms with Crippen LogP contribution >= 0.6 is 0 Å². The van der Waals surface area contributed by atoms with E-state index in [0.29, 0.717) is 37.2 Å². The van der Waals surface area contributed by atoms with E-state index in [-0.39, 0.29) is 17.1 Å². The molecular weight excluding hydrogens is 304 g/mol. The monoisotopic (exact) mass is 324 g/mol. The molecule has 0 unspecified atom stereocenters. The largest absolute Gasteiger partial charge is 0.339 e. The summed E-state index contributed by atoms with van der Waals surface area (Å²) in [7, 11) is -3.03. The molecule has 1 saturated heterocycles. The molecule has 0 spiro atoms. The molecular formula is C15H20N2O4S. The number of likely N-dealkylation sites (tertiary alicyclic amines) is 1. The molecule has 120 valence electrons. The lowest BCUT2D eigenvalue weighted by Gasteiger charge is -2.31. The van der Waals surface area contributed by atoms with Crippen LogP contribution in [0.4, 0.5) is 5.69 Å². The summed E-state index contributed by atoms with van der Waals surface area (Å²) in [6.07, 6.45) is 2.21. The fraction of sp³-hybridized carbons (Fsp3) is 0.467. The van der Waals surface area contributed by atoms with Gasteiger partial charge in [-0.05, 0) is 37.1 Å². The van der Waals surface area contributed by atoms with Crippen molar-refractivity contribution in [2.24, 2.45) is 0 Å². The fourth-order valence-corrected chi connectivity index (χ4v) is 3.64. The Morgan fingerprint density at radius 1 is 1.14 bits per heavy atom. The third-order valence-corrected chi connectivity index (χ3v) is 5.47. The Kier molecular flexibility index (Phi) is 4.85. The minimum atomic E-state index is -3.03. The second-order valence-corrected chi connectivity index (χ2v) is 7.91. The van der Waals surface area contributed by atoms with Gasteiger partial charge in [-0.15, -0.1) is 0 Å². The summed E-state index contributed by atoms with van der Waals surface area (Å²) in [5.74, 6) is -0.275. The van der Waals surface area contributed by atoms with Crippen LogP contribution in [0.3, 0.4) is 0 Å². The van der Waals surface area contributed by atoms with Gasteiger partial charge in [0.1, 0.15) is 9.84 Å². The predicted octanol–water partition coefficient (Wildman–Crippen LogP) is 1.29. The van der Waals surface area contributed by atoms with Crippen LogP contribution in [-0.4, -0.2) is 49.7 Å². The van der Waals surface area contributed by atoms with Crippen LogP contribution in [-0.2, 0) is 14.6 Å². The van der Waals surface area contributed by atoms with E-state index < -0.39 is 9.84 Å². The highest BCUT2D eigenvalue weighted by Gasteiger charge is 2.29. The van der Waals surface area contributed by atoms with E-state index in [1.807, 2.05) is 0 Å². The van der Waals surface area contributed by atoms with Crippen LogP contribution < -0.4 is 5.32 Å². The Morgan fingerprint density at radius 2 is 1.68 bits per heavy atom. The second-order valence-electron chi connectivity index (χ2n) is 5.58. The Labute approximate surface area is 130 Å². The predicted molar refractivity (Wildman–Crippen MR) is 84.5 cm³/mol. The first-order chi connectivity index (χ1) is 10.3. The van der Waals surface area contributed by atoms with Gasteiger partial charge in [-0.3, -0.25) is 9.59 Å². The average molecular weight is 324 g/mol. The van der Waals surface area contributed by atoms with Gasteiger partial charge >= 0.3 is 0 Å². The van der Waals surface area contributed by atoms with Crippen LogP contribution in [0, 0.1) is 0 Å². The van der Waals surface area contributed by atoms with Crippen molar-refractivity contribution in [2.45, 2.75) is 25.0 Å². The lowest BCUT2D eigenvalue weighted by Crippen LogP contribution is -2.42. The summed E-state index contributed by atoms with van der Waals surface area (Å²) in [6, 6.07) is 6.68. The van der Waals surface area contributed by atoms with E-state index in [9.17, 15) is 18.0 Å². The summed E-state index contributed by atoms with van der Waals surface area (Å²) in [6.45, 7) is 2.32. The van der Waals surface area contributed by atoms with Gasteiger partial charge in [-0.25, -0.2) is 8.42 Å². The molecule has 0 atom stereocenters. The van der Waals surface area contributed by atoms with Crippen molar-refractivity contribution in [2.75, 3.05) is 24.7 Å². The van der Waals surface area contributed by atoms with E-state index in [2.05, 4.69) is 5.32 Å². The number of anilines is 1. The second kappa shape index (κ2) is 6.48. The molecule has 1 heterocycles. The number of nitrogens with zero attached hydrogens (tertiary/aromatic N) is 1. The smallest absolute Gasteiger partial charge is 0.253 e. The molecule has 0 radical (unpaired) electrons. The summed E-state index contributed by atoms with van der Waals surface area (Å²) in [5, 5.41) is 2.29. The number of sulfone groups is 1. The first-order valence-corrected chi connectivity index (χ1v) is 9.08. The highest BCUT2D eigenvalue weighted by molar-refractivity contribution is 7.91. The van der Waals surface area contributed by atoms with Crippen LogP contribution in [0.2, 0.25) is 0 Å². The van der Waals surface area contributed by atoms with E-state index in [0.717, 1.165) is 0 Å². The molecule has 0 saturated carbocycles. The van der Waals surface area contributed by atoms with Crippen molar-refractivity contribution < 1.29 is 18.0 Å². The normalized spacial score (nSPS) is 16.4. The van der Waals surface area contributed by atoms with Crippen LogP contribution in [0.5, 0.6) is 0 Å². The van der Waals surface area contributed by atoms with E-state index in [1.165, 1.54) is 13.2 Å². The Morgan fingerprint density at radius 3 is 2.14 bits per heavy atom. The van der Waals surface area contributed by atoms with Gasteiger partial charge in [0, 0.05) is 37.5 Å². The summed E-state index contributed by atoms with van der Waals surface area (Å²) >= 11 is 0. The molecule has 22 heavy (non-hydrogen) atoms. The molecule has 0 aliphatic carbocycles. The van der Waals surface area contributed by atoms with Gasteiger partial charge in [-0.1, -0.05) is 0 Å². The molecule has 1 aromatic carbocycles. The van der Waals surface area contributed by atoms with Gasteiger partial charge in [-0.2, -0.15) is 0 Å². The molecule has 2 amide bonds. The summed E-state index contributed by atoms with van der Waals surface area (Å²) in [4.78, 5) is 25.0. The highest BCUT2D eigenvalue weighted by Crippen LogP contribution is 2.19. The maximum absolute atomic E-state index is 12.4. The number of benzene rings is 1. The quantitative estimate of drug-likeness (QED) is 0.908. The van der Waals surface area contributed by atoms with E-state index in [4.69, 9.17) is 0 Å². The van der Waals surface area contributed by atoms with Gasteiger partial charge in [0.05, 0.1) is 5.25 Å². The molecule has 7 heteroatoms. The number of hydrogen-bond acceptors (Lipinski definition) is 4. The number of rotatable bonds is 3. The zero-order valence-corrected chi connectivity index (χ0v) is 13.5. The van der Waals surface area contributed by atoms with Crippen molar-refractivity contribution in [1.29, 1.82) is 0 Å². The molecule has 1 fully saturated rings. The maximum Gasteiger partial charge on any atom is 0.253 e. The molecule has 0 aromatic heterocycles. The highest BCUT2D eigenvalue weighted by atomic mass is 32.2. The third kappa shape index (κ3) is 4.07. The number of piperidine rings is 1. The minimum absolute atomic E-state index is 0.110. The van der Waals surface area contributed by atoms with E-state index >= 15 is 0 Å². The SMILES string of the molecule is CC(=O)Nc1ccc(C(=O)N2CCC(S(C)(=O)=O)CC2)cc1. The number of amides is 2. The van der Waals surface area contributed by atoms with Gasteiger partial charge in [0.2, 0.25) is 5.91 Å². The Hall–Kier alpha value is -1.89. The average Bonchev–Trinajstić information content (AvgIpc) is 2.46. The lowest BCUT2D eigenvalue weighted by atomic mass is 10.1. The Balaban J connectivity index is 1.99. The van der Waals surface area contributed by atoms with Crippen molar-refractivity contribution in [3.63, 3.8) is 0 Å². The molecule has 1 aliphatic rings. The maximum atomic E-state index is 12.4. The van der Waals surface area contributed by atoms with Crippen molar-refractivity contribution in [3.8, 4) is 0 Å². The number of nitrogens with one attached hydrogen (secondary N) is 1. The lowest BCUT2D eigenvalue weighted by molar-refractivity contribution is -0.114. The van der Waals surface area contributed by atoms with Crippen LogP contribution in [0.25, 0.3) is 0 Å². The van der Waals surface area contributed by atoms with Gasteiger partial charge in [0.15, 0.2) is 0 Å². The topological polar surface area (TPSA) is 83.6 Å². The molecule has 6 nitrogen and oxygen atoms in total. The third-order valence-electron chi connectivity index (χ3n) is 3.79. The van der Waals surface area contributed by atoms with Gasteiger partial charge in [0.25, 0.3) is 5.91 Å². The van der Waals surface area contributed by atoms with Crippen molar-refractivity contribution >= 4 is 27.3 Å². The Bertz CT molecular complexity index is 659. The standard InChI is InChI=1S/C15H20N2O4S/c1-11(18)16-13-5-3-12(4-6-13)15(19)17-9-7-14(8-10-17)22(2,20)21/h3-6,14H,7-10H2,1-2H3,(H,16,18). The fourth-order valence-electron chi connectivity index (χ4n) is 2.57. The molecule has 1 aromatic rings. The number of hydrogen-bond donors (Lipinski definition) is 1. The first kappa shape index (κ1) is 16.5. The van der Waals surface area contributed by atoms with Crippen molar-refractivity contribution in [3.05, 3.63) is 29.8 Å². The van der Waals surface area contributed by atoms with Crippen LogP contribution in [0.15, 0.2) is 24.3 Å². The molecule has 0 bridgehead atoms. The minimum Gasteiger partial charge on any atom is -0.339 e. The molecule has 1 N–H and O–H groups in total. The first-order valence-electron chi connectivity index (χ1n) is 7.13. The van der Waals surface area contributed by atoms with E-state index in [1.54, 1.807) is 29.2 Å². The van der Waals surface area contributed by atoms with Crippen LogP contribution in [0.1, 0.15) is 30.1 Å². The number of carbonyl (C=O) groups is 2. The molecule has 2 rings (SSSR count). The summed E-state index contributed by atoms with van der Waals surface area (Å²) in [5.41, 5.74) is 1.17. The number of carbonyl (C=O) groups excluding carboxylic acids is 2. The summed E-state index contributed by atoms with van der Waals surface area (Å²) < 4.78 is 23.0. The van der Waals surface area contributed by atoms with Crippen molar-refractivity contribution in [1.82, 2.24) is 4.90 Å². The zero-order valence-electron chi connectivity index (χ0n) is 12.7. The molecule has 1 aliphatic heterocycles.